The molecule has 0 aromatic heterocycles. The van der Waals surface area contributed by atoms with Crippen molar-refractivity contribution in [3.8, 4) is 0 Å². The lowest BCUT2D eigenvalue weighted by Gasteiger charge is -2.21. The molecule has 1 aliphatic heterocycles. The second-order valence-corrected chi connectivity index (χ2v) is 6.67. The lowest BCUT2D eigenvalue weighted by Crippen LogP contribution is -2.29. The third-order valence-corrected chi connectivity index (χ3v) is 4.80. The highest BCUT2D eigenvalue weighted by Crippen LogP contribution is 2.31. The van der Waals surface area contributed by atoms with Crippen molar-refractivity contribution < 1.29 is 19.1 Å². The molecule has 0 bridgehead atoms. The van der Waals surface area contributed by atoms with Gasteiger partial charge in [-0.25, -0.2) is 4.79 Å². The lowest BCUT2D eigenvalue weighted by molar-refractivity contribution is -0.122. The van der Waals surface area contributed by atoms with Gasteiger partial charge < -0.3 is 15.0 Å². The number of carbonyl (C=O) groups is 3. The van der Waals surface area contributed by atoms with Crippen molar-refractivity contribution in [1.82, 2.24) is 0 Å². The van der Waals surface area contributed by atoms with E-state index in [4.69, 9.17) is 4.74 Å². The number of hydrogen-bond acceptors (Lipinski definition) is 4. The van der Waals surface area contributed by atoms with Crippen LogP contribution in [0.25, 0.3) is 0 Å². The zero-order valence-electron chi connectivity index (χ0n) is 15.6. The Morgan fingerprint density at radius 1 is 1.07 bits per heavy atom. The number of nitrogens with zero attached hydrogens (tertiary/aromatic N) is 1. The first-order chi connectivity index (χ1) is 12.9. The quantitative estimate of drug-likeness (QED) is 0.844. The zero-order valence-corrected chi connectivity index (χ0v) is 15.6. The zero-order chi connectivity index (χ0) is 19.6. The predicted molar refractivity (Wildman–Crippen MR) is 103 cm³/mol. The molecule has 27 heavy (non-hydrogen) atoms. The first-order valence-corrected chi connectivity index (χ1v) is 8.77. The molecule has 1 N–H and O–H groups in total. The van der Waals surface area contributed by atoms with Crippen LogP contribution in [0, 0.1) is 19.8 Å². The maximum atomic E-state index is 12.7. The third-order valence-electron chi connectivity index (χ3n) is 4.80. The van der Waals surface area contributed by atoms with E-state index in [1.165, 1.54) is 7.11 Å². The topological polar surface area (TPSA) is 75.7 Å². The number of carbonyl (C=O) groups excluding carboxylic acids is 3. The highest BCUT2D eigenvalue weighted by atomic mass is 16.5. The fourth-order valence-corrected chi connectivity index (χ4v) is 3.45. The molecule has 6 heteroatoms. The van der Waals surface area contributed by atoms with Gasteiger partial charge in [0, 0.05) is 18.7 Å². The van der Waals surface area contributed by atoms with Crippen LogP contribution in [0.15, 0.2) is 42.5 Å². The Morgan fingerprint density at radius 3 is 2.41 bits per heavy atom. The third kappa shape index (κ3) is 3.69. The number of benzene rings is 2. The fraction of sp³-hybridized carbons (Fsp3) is 0.286. The van der Waals surface area contributed by atoms with Crippen LogP contribution in [0.1, 0.15) is 27.9 Å². The maximum absolute atomic E-state index is 12.7. The molecule has 0 radical (unpaired) electrons. The Balaban J connectivity index is 1.78. The van der Waals surface area contributed by atoms with E-state index in [2.05, 4.69) is 5.32 Å². The molecule has 0 spiro atoms. The summed E-state index contributed by atoms with van der Waals surface area (Å²) in [5.74, 6) is -1.37. The minimum Gasteiger partial charge on any atom is -0.465 e. The number of methoxy groups -OCH3 is 1. The lowest BCUT2D eigenvalue weighted by atomic mass is 10.1. The van der Waals surface area contributed by atoms with Crippen LogP contribution in [0.5, 0.6) is 0 Å². The molecule has 1 aliphatic rings. The molecule has 2 amide bonds. The van der Waals surface area contributed by atoms with Crippen LogP contribution in [0.3, 0.4) is 0 Å². The molecule has 6 nitrogen and oxygen atoms in total. The number of rotatable bonds is 4. The average Bonchev–Trinajstić information content (AvgIpc) is 3.03. The molecule has 2 aromatic carbocycles. The number of aryl methyl sites for hydroxylation is 2. The summed E-state index contributed by atoms with van der Waals surface area (Å²) in [7, 11) is 1.29. The summed E-state index contributed by atoms with van der Waals surface area (Å²) < 4.78 is 4.75. The molecule has 1 fully saturated rings. The largest absolute Gasteiger partial charge is 0.465 e. The van der Waals surface area contributed by atoms with Gasteiger partial charge in [0.15, 0.2) is 0 Å². The molecule has 1 unspecified atom stereocenters. The van der Waals surface area contributed by atoms with E-state index >= 15 is 0 Å². The SMILES string of the molecule is COC(=O)c1ccccc1NC(=O)C1CC(=O)N(c2c(C)cccc2C)C1. The van der Waals surface area contributed by atoms with Crippen molar-refractivity contribution >= 4 is 29.2 Å². The van der Waals surface area contributed by atoms with Gasteiger partial charge in [-0.2, -0.15) is 0 Å². The Bertz CT molecular complexity index is 887. The summed E-state index contributed by atoms with van der Waals surface area (Å²) in [5.41, 5.74) is 3.53. The minimum atomic E-state index is -0.523. The van der Waals surface area contributed by atoms with E-state index in [0.29, 0.717) is 12.2 Å². The number of esters is 1. The Morgan fingerprint density at radius 2 is 1.74 bits per heavy atom. The van der Waals surface area contributed by atoms with Gasteiger partial charge in [-0.05, 0) is 37.1 Å². The van der Waals surface area contributed by atoms with Crippen LogP contribution in [0.2, 0.25) is 0 Å². The van der Waals surface area contributed by atoms with Crippen molar-refractivity contribution in [2.24, 2.45) is 5.92 Å². The Labute approximate surface area is 158 Å². The van der Waals surface area contributed by atoms with E-state index < -0.39 is 11.9 Å². The number of hydrogen-bond donors (Lipinski definition) is 1. The van der Waals surface area contributed by atoms with Crippen molar-refractivity contribution in [3.63, 3.8) is 0 Å². The molecule has 1 heterocycles. The normalized spacial score (nSPS) is 16.3. The smallest absolute Gasteiger partial charge is 0.339 e. The standard InChI is InChI=1S/C21H22N2O4/c1-13-7-6-8-14(2)19(13)23-12-15(11-18(23)24)20(25)22-17-10-5-4-9-16(17)21(26)27-3/h4-10,15H,11-12H2,1-3H3,(H,22,25). The highest BCUT2D eigenvalue weighted by Gasteiger charge is 2.36. The van der Waals surface area contributed by atoms with Crippen molar-refractivity contribution in [1.29, 1.82) is 0 Å². The van der Waals surface area contributed by atoms with E-state index in [0.717, 1.165) is 16.8 Å². The molecule has 0 saturated carbocycles. The number of anilines is 2. The van der Waals surface area contributed by atoms with Crippen LogP contribution < -0.4 is 10.2 Å². The number of ether oxygens (including phenoxy) is 1. The molecular formula is C21H22N2O4. The predicted octanol–water partition coefficient (Wildman–Crippen LogP) is 3.08. The Hall–Kier alpha value is -3.15. The van der Waals surface area contributed by atoms with Gasteiger partial charge in [0.05, 0.1) is 24.3 Å². The maximum Gasteiger partial charge on any atom is 0.339 e. The summed E-state index contributed by atoms with van der Waals surface area (Å²) in [5, 5.41) is 2.77. The van der Waals surface area contributed by atoms with Crippen LogP contribution in [0.4, 0.5) is 11.4 Å². The fourth-order valence-electron chi connectivity index (χ4n) is 3.45. The summed E-state index contributed by atoms with van der Waals surface area (Å²) >= 11 is 0. The van der Waals surface area contributed by atoms with Gasteiger partial charge in [0.2, 0.25) is 11.8 Å². The average molecular weight is 366 g/mol. The molecule has 1 atom stereocenters. The van der Waals surface area contributed by atoms with Crippen molar-refractivity contribution in [3.05, 3.63) is 59.2 Å². The Kier molecular flexibility index (Phi) is 5.26. The van der Waals surface area contributed by atoms with E-state index in [1.807, 2.05) is 32.0 Å². The van der Waals surface area contributed by atoms with Gasteiger partial charge >= 0.3 is 5.97 Å². The first kappa shape index (κ1) is 18.6. The second kappa shape index (κ2) is 7.61. The minimum absolute atomic E-state index is 0.0752. The molecule has 2 aromatic rings. The van der Waals surface area contributed by atoms with E-state index in [-0.39, 0.29) is 23.8 Å². The van der Waals surface area contributed by atoms with Gasteiger partial charge in [0.1, 0.15) is 0 Å². The number of nitrogens with one attached hydrogen (secondary N) is 1. The monoisotopic (exact) mass is 366 g/mol. The van der Waals surface area contributed by atoms with Crippen LogP contribution >= 0.6 is 0 Å². The van der Waals surface area contributed by atoms with Crippen molar-refractivity contribution in [2.45, 2.75) is 20.3 Å². The van der Waals surface area contributed by atoms with Crippen LogP contribution in [-0.4, -0.2) is 31.4 Å². The molecule has 140 valence electrons. The van der Waals surface area contributed by atoms with Gasteiger partial charge in [-0.3, -0.25) is 9.59 Å². The van der Waals surface area contributed by atoms with Gasteiger partial charge in [0.25, 0.3) is 0 Å². The van der Waals surface area contributed by atoms with Gasteiger partial charge in [-0.1, -0.05) is 30.3 Å². The summed E-state index contributed by atoms with van der Waals surface area (Å²) in [6, 6.07) is 12.5. The molecule has 3 rings (SSSR count). The summed E-state index contributed by atoms with van der Waals surface area (Å²) in [6.07, 6.45) is 0.139. The summed E-state index contributed by atoms with van der Waals surface area (Å²) in [4.78, 5) is 38.8. The molecular weight excluding hydrogens is 344 g/mol. The highest BCUT2D eigenvalue weighted by molar-refractivity contribution is 6.06. The summed E-state index contributed by atoms with van der Waals surface area (Å²) in [6.45, 7) is 4.22. The second-order valence-electron chi connectivity index (χ2n) is 6.67. The van der Waals surface area contributed by atoms with Crippen LogP contribution in [-0.2, 0) is 14.3 Å². The van der Waals surface area contributed by atoms with Crippen molar-refractivity contribution in [2.75, 3.05) is 23.9 Å². The van der Waals surface area contributed by atoms with E-state index in [1.54, 1.807) is 29.2 Å². The molecule has 1 saturated heterocycles. The molecule has 0 aliphatic carbocycles. The van der Waals surface area contributed by atoms with Gasteiger partial charge in [-0.15, -0.1) is 0 Å². The number of para-hydroxylation sites is 2. The first-order valence-electron chi connectivity index (χ1n) is 8.77. The number of amides is 2. The van der Waals surface area contributed by atoms with E-state index in [9.17, 15) is 14.4 Å².